The molecule has 1 spiro atoms. The van der Waals surface area contributed by atoms with Crippen molar-refractivity contribution in [3.63, 3.8) is 0 Å². The molecular formula is C30H29F3N4O5S. The Kier molecular flexibility index (Phi) is 7.82. The van der Waals surface area contributed by atoms with Crippen molar-refractivity contribution in [1.29, 1.82) is 0 Å². The first-order valence-electron chi connectivity index (χ1n) is 13.4. The molecule has 2 aliphatic rings. The molecule has 1 saturated heterocycles. The minimum absolute atomic E-state index is 0.0222. The molecular weight excluding hydrogens is 585 g/mol. The summed E-state index contributed by atoms with van der Waals surface area (Å²) in [4.78, 5) is 31.4. The van der Waals surface area contributed by atoms with Crippen LogP contribution in [0.1, 0.15) is 34.3 Å². The van der Waals surface area contributed by atoms with Gasteiger partial charge in [0.2, 0.25) is 10.0 Å². The van der Waals surface area contributed by atoms with Gasteiger partial charge in [-0.2, -0.15) is 4.31 Å². The summed E-state index contributed by atoms with van der Waals surface area (Å²) in [6, 6.07) is 17.0. The summed E-state index contributed by atoms with van der Waals surface area (Å²) < 4.78 is 70.5. The van der Waals surface area contributed by atoms with Crippen LogP contribution in [0.15, 0.2) is 76.6 Å². The van der Waals surface area contributed by atoms with Crippen LogP contribution in [0, 0.1) is 6.92 Å². The molecule has 3 aromatic carbocycles. The Balaban J connectivity index is 1.33. The van der Waals surface area contributed by atoms with Crippen molar-refractivity contribution in [3.05, 3.63) is 83.4 Å². The number of halogens is 3. The lowest BCUT2D eigenvalue weighted by Gasteiger charge is -2.34. The lowest BCUT2D eigenvalue weighted by atomic mass is 9.89. The number of hydrogen-bond donors (Lipinski definition) is 1. The van der Waals surface area contributed by atoms with Crippen molar-refractivity contribution in [2.45, 2.75) is 36.6 Å². The van der Waals surface area contributed by atoms with Gasteiger partial charge in [0, 0.05) is 38.3 Å². The average Bonchev–Trinajstić information content (AvgIpc) is 3.27. The zero-order valence-electron chi connectivity index (χ0n) is 23.6. The zero-order valence-corrected chi connectivity index (χ0v) is 24.4. The van der Waals surface area contributed by atoms with Crippen LogP contribution >= 0.6 is 0 Å². The second-order valence-corrected chi connectivity index (χ2v) is 12.6. The van der Waals surface area contributed by atoms with Gasteiger partial charge >= 0.3 is 6.36 Å². The maximum Gasteiger partial charge on any atom is 0.573 e. The Morgan fingerprint density at radius 3 is 2.33 bits per heavy atom. The van der Waals surface area contributed by atoms with Gasteiger partial charge in [0.05, 0.1) is 4.90 Å². The van der Waals surface area contributed by atoms with E-state index < -0.39 is 33.6 Å². The molecule has 43 heavy (non-hydrogen) atoms. The number of hydrogen-bond acceptors (Lipinski definition) is 6. The minimum atomic E-state index is -4.87. The second kappa shape index (κ2) is 11.1. The highest BCUT2D eigenvalue weighted by Gasteiger charge is 2.48. The highest BCUT2D eigenvalue weighted by molar-refractivity contribution is 7.89. The van der Waals surface area contributed by atoms with Crippen molar-refractivity contribution >= 4 is 27.7 Å². The van der Waals surface area contributed by atoms with Gasteiger partial charge in [-0.05, 0) is 72.9 Å². The van der Waals surface area contributed by atoms with E-state index in [1.807, 2.05) is 6.92 Å². The van der Waals surface area contributed by atoms with Crippen LogP contribution in [0.5, 0.6) is 5.75 Å². The summed E-state index contributed by atoms with van der Waals surface area (Å²) in [6.45, 7) is 1.90. The van der Waals surface area contributed by atoms with Crippen LogP contribution < -0.4 is 10.1 Å². The van der Waals surface area contributed by atoms with E-state index in [2.05, 4.69) is 15.0 Å². The summed E-state index contributed by atoms with van der Waals surface area (Å²) in [6.07, 6.45) is -4.67. The van der Waals surface area contributed by atoms with E-state index in [-0.39, 0.29) is 48.1 Å². The number of amides is 2. The summed E-state index contributed by atoms with van der Waals surface area (Å²) in [7, 11) is -0.583. The second-order valence-electron chi connectivity index (χ2n) is 10.7. The molecule has 3 aromatic rings. The Morgan fingerprint density at radius 2 is 1.67 bits per heavy atom. The number of carbonyl (C=O) groups is 2. The molecule has 0 aromatic heterocycles. The third kappa shape index (κ3) is 6.13. The van der Waals surface area contributed by atoms with Gasteiger partial charge in [-0.15, -0.1) is 13.2 Å². The third-order valence-electron chi connectivity index (χ3n) is 7.53. The van der Waals surface area contributed by atoms with Gasteiger partial charge in [0.15, 0.2) is 0 Å². The quantitative estimate of drug-likeness (QED) is 0.444. The highest BCUT2D eigenvalue weighted by Crippen LogP contribution is 2.35. The van der Waals surface area contributed by atoms with Crippen molar-refractivity contribution in [3.8, 4) is 16.9 Å². The number of aryl methyl sites for hydroxylation is 1. The normalized spacial score (nSPS) is 17.0. The Labute approximate surface area is 247 Å². The number of benzene rings is 3. The number of nitrogens with one attached hydrogen (secondary N) is 1. The van der Waals surface area contributed by atoms with Crippen molar-refractivity contribution in [2.24, 2.45) is 4.99 Å². The zero-order chi connectivity index (χ0) is 31.2. The summed E-state index contributed by atoms with van der Waals surface area (Å²) in [5.74, 6) is -0.907. The number of amidine groups is 1. The van der Waals surface area contributed by atoms with Gasteiger partial charge in [0.1, 0.15) is 17.1 Å². The van der Waals surface area contributed by atoms with Crippen LogP contribution in [-0.2, 0) is 14.8 Å². The fraction of sp³-hybridized carbons (Fsp3) is 0.300. The third-order valence-corrected chi connectivity index (χ3v) is 9.43. The number of piperidine rings is 1. The molecule has 13 heteroatoms. The molecule has 0 bridgehead atoms. The Hall–Kier alpha value is -4.23. The SMILES string of the molecule is Cc1cc(C(=O)N(C)C)ccc1-c1cccc(S(=O)(=O)N2CCC3(CC2)N=C(c2cccc(OC(F)(F)F)c2)NC3=O)c1. The first-order chi connectivity index (χ1) is 20.2. The predicted octanol–water partition coefficient (Wildman–Crippen LogP) is 4.36. The van der Waals surface area contributed by atoms with Crippen LogP contribution in [0.3, 0.4) is 0 Å². The molecule has 0 unspecified atom stereocenters. The van der Waals surface area contributed by atoms with Crippen LogP contribution in [0.2, 0.25) is 0 Å². The van der Waals surface area contributed by atoms with Gasteiger partial charge in [-0.3, -0.25) is 14.6 Å². The van der Waals surface area contributed by atoms with E-state index in [0.29, 0.717) is 11.1 Å². The number of alkyl halides is 3. The maximum atomic E-state index is 13.6. The van der Waals surface area contributed by atoms with Crippen LogP contribution in [0.25, 0.3) is 11.1 Å². The molecule has 0 atom stereocenters. The lowest BCUT2D eigenvalue weighted by Crippen LogP contribution is -2.50. The molecule has 9 nitrogen and oxygen atoms in total. The van der Waals surface area contributed by atoms with Crippen LogP contribution in [-0.4, -0.2) is 74.4 Å². The van der Waals surface area contributed by atoms with Gasteiger partial charge in [0.25, 0.3) is 11.8 Å². The summed E-state index contributed by atoms with van der Waals surface area (Å²) in [5.41, 5.74) is 1.83. The average molecular weight is 615 g/mol. The number of ether oxygens (including phenoxy) is 1. The number of aliphatic imine (C=N–C) groups is 1. The number of rotatable bonds is 6. The van der Waals surface area contributed by atoms with Crippen molar-refractivity contribution < 1.29 is 35.9 Å². The van der Waals surface area contributed by atoms with E-state index >= 15 is 0 Å². The fourth-order valence-electron chi connectivity index (χ4n) is 5.28. The van der Waals surface area contributed by atoms with Crippen molar-refractivity contribution in [2.75, 3.05) is 27.2 Å². The molecule has 0 radical (unpaired) electrons. The molecule has 2 amide bonds. The Bertz CT molecular complexity index is 1730. The van der Waals surface area contributed by atoms with E-state index in [1.54, 1.807) is 50.5 Å². The van der Waals surface area contributed by atoms with E-state index in [9.17, 15) is 31.2 Å². The Morgan fingerprint density at radius 1 is 1.00 bits per heavy atom. The fourth-order valence-corrected chi connectivity index (χ4v) is 6.77. The summed E-state index contributed by atoms with van der Waals surface area (Å²) in [5, 5.41) is 2.64. The highest BCUT2D eigenvalue weighted by atomic mass is 32.2. The molecule has 1 N–H and O–H groups in total. The molecule has 5 rings (SSSR count). The van der Waals surface area contributed by atoms with Crippen LogP contribution in [0.4, 0.5) is 13.2 Å². The van der Waals surface area contributed by atoms with Gasteiger partial charge in [-0.1, -0.05) is 30.3 Å². The van der Waals surface area contributed by atoms with E-state index in [0.717, 1.165) is 23.3 Å². The molecule has 1 fully saturated rings. The van der Waals surface area contributed by atoms with Crippen molar-refractivity contribution in [1.82, 2.24) is 14.5 Å². The van der Waals surface area contributed by atoms with Gasteiger partial charge in [-0.25, -0.2) is 8.42 Å². The first kappa shape index (κ1) is 30.2. The molecule has 226 valence electrons. The topological polar surface area (TPSA) is 108 Å². The molecule has 0 aliphatic carbocycles. The molecule has 2 aliphatic heterocycles. The van der Waals surface area contributed by atoms with E-state index in [1.165, 1.54) is 27.4 Å². The first-order valence-corrected chi connectivity index (χ1v) is 14.8. The minimum Gasteiger partial charge on any atom is -0.406 e. The standard InChI is InChI=1S/C30H29F3N4O5S/c1-19-16-22(27(38)36(2)3)10-11-25(19)20-6-5-9-24(18-20)43(40,41)37-14-12-29(13-15-37)28(39)34-26(35-29)21-7-4-8-23(17-21)42-30(31,32)33/h4-11,16-18H,12-15H2,1-3H3,(H,34,35,39). The van der Waals surface area contributed by atoms with Gasteiger partial charge < -0.3 is 15.0 Å². The summed E-state index contributed by atoms with van der Waals surface area (Å²) >= 11 is 0. The maximum absolute atomic E-state index is 13.6. The largest absolute Gasteiger partial charge is 0.573 e. The monoisotopic (exact) mass is 614 g/mol. The lowest BCUT2D eigenvalue weighted by molar-refractivity contribution is -0.274. The number of sulfonamides is 1. The number of carbonyl (C=O) groups excluding carboxylic acids is 2. The predicted molar refractivity (Wildman–Crippen MR) is 153 cm³/mol. The van der Waals surface area contributed by atoms with E-state index in [4.69, 9.17) is 0 Å². The molecule has 2 heterocycles. The molecule has 0 saturated carbocycles. The number of nitrogens with zero attached hydrogens (tertiary/aromatic N) is 3. The smallest absolute Gasteiger partial charge is 0.406 e.